The third kappa shape index (κ3) is 7.99. The molecule has 0 bridgehead atoms. The molecule has 0 radical (unpaired) electrons. The van der Waals surface area contributed by atoms with E-state index >= 15 is 0 Å². The summed E-state index contributed by atoms with van der Waals surface area (Å²) in [4.78, 5) is 29.4. The molecule has 1 N–H and O–H groups in total. The normalized spacial score (nSPS) is 14.5. The number of nitrogens with one attached hydrogen (secondary N) is 1. The molecule has 0 heterocycles. The average molecular weight is 603 g/mol. The summed E-state index contributed by atoms with van der Waals surface area (Å²) in [7, 11) is -3.87. The Morgan fingerprint density at radius 1 is 0.950 bits per heavy atom. The van der Waals surface area contributed by atoms with E-state index in [9.17, 15) is 18.0 Å². The molecule has 0 aromatic heterocycles. The fraction of sp³-hybridized carbons (Fsp3) is 0.333. The van der Waals surface area contributed by atoms with Crippen LogP contribution >= 0.6 is 23.2 Å². The summed E-state index contributed by atoms with van der Waals surface area (Å²) in [6.45, 7) is -0.479. The Balaban J connectivity index is 1.73. The van der Waals surface area contributed by atoms with Crippen molar-refractivity contribution in [2.45, 2.75) is 50.7 Å². The zero-order valence-electron chi connectivity index (χ0n) is 22.3. The van der Waals surface area contributed by atoms with Crippen molar-refractivity contribution in [3.05, 3.63) is 100 Å². The Morgan fingerprint density at radius 2 is 1.62 bits per heavy atom. The highest BCUT2D eigenvalue weighted by atomic mass is 35.5. The quantitative estimate of drug-likeness (QED) is 0.316. The van der Waals surface area contributed by atoms with Gasteiger partial charge in [-0.25, -0.2) is 8.42 Å². The van der Waals surface area contributed by atoms with Gasteiger partial charge in [-0.05, 0) is 48.2 Å². The van der Waals surface area contributed by atoms with Crippen molar-refractivity contribution >= 4 is 50.7 Å². The third-order valence-corrected chi connectivity index (χ3v) is 8.79. The van der Waals surface area contributed by atoms with Gasteiger partial charge < -0.3 is 10.2 Å². The van der Waals surface area contributed by atoms with Gasteiger partial charge in [-0.2, -0.15) is 0 Å². The molecule has 0 aliphatic heterocycles. The van der Waals surface area contributed by atoms with Crippen molar-refractivity contribution in [1.29, 1.82) is 0 Å². The zero-order chi connectivity index (χ0) is 28.7. The maximum Gasteiger partial charge on any atom is 0.244 e. The van der Waals surface area contributed by atoms with Crippen molar-refractivity contribution in [3.8, 4) is 0 Å². The van der Waals surface area contributed by atoms with E-state index in [4.69, 9.17) is 23.2 Å². The molecule has 1 fully saturated rings. The van der Waals surface area contributed by atoms with Crippen molar-refractivity contribution < 1.29 is 18.0 Å². The minimum Gasteiger partial charge on any atom is -0.352 e. The lowest BCUT2D eigenvalue weighted by Gasteiger charge is -2.34. The first-order chi connectivity index (χ1) is 19.1. The van der Waals surface area contributed by atoms with E-state index in [1.807, 2.05) is 36.4 Å². The van der Waals surface area contributed by atoms with Crippen LogP contribution in [0.25, 0.3) is 0 Å². The molecule has 3 aromatic rings. The zero-order valence-corrected chi connectivity index (χ0v) is 24.6. The fourth-order valence-electron chi connectivity index (χ4n) is 4.98. The van der Waals surface area contributed by atoms with Crippen molar-refractivity contribution in [3.63, 3.8) is 0 Å². The molecule has 3 aromatic carbocycles. The Labute approximate surface area is 246 Å². The molecule has 4 rings (SSSR count). The van der Waals surface area contributed by atoms with Crippen LogP contribution in [0.2, 0.25) is 10.0 Å². The molecule has 1 saturated carbocycles. The van der Waals surface area contributed by atoms with Crippen LogP contribution in [0.4, 0.5) is 5.69 Å². The molecule has 0 spiro atoms. The molecular formula is C30H33Cl2N3O4S. The summed E-state index contributed by atoms with van der Waals surface area (Å²) in [5, 5.41) is 3.93. The van der Waals surface area contributed by atoms with Crippen LogP contribution in [-0.4, -0.2) is 50.0 Å². The largest absolute Gasteiger partial charge is 0.352 e. The number of anilines is 1. The van der Waals surface area contributed by atoms with Crippen molar-refractivity contribution in [1.82, 2.24) is 10.2 Å². The van der Waals surface area contributed by atoms with Crippen LogP contribution in [0.3, 0.4) is 0 Å². The number of rotatable bonds is 11. The van der Waals surface area contributed by atoms with E-state index in [2.05, 4.69) is 5.32 Å². The van der Waals surface area contributed by atoms with Crippen LogP contribution < -0.4 is 9.62 Å². The molecule has 0 unspecified atom stereocenters. The van der Waals surface area contributed by atoms with Crippen LogP contribution in [0.5, 0.6) is 0 Å². The van der Waals surface area contributed by atoms with Gasteiger partial charge in [0.05, 0.1) is 11.9 Å². The topological polar surface area (TPSA) is 86.8 Å². The van der Waals surface area contributed by atoms with Gasteiger partial charge in [-0.1, -0.05) is 90.6 Å². The van der Waals surface area contributed by atoms with E-state index in [-0.39, 0.29) is 30.6 Å². The summed E-state index contributed by atoms with van der Waals surface area (Å²) < 4.78 is 26.7. The smallest absolute Gasteiger partial charge is 0.244 e. The van der Waals surface area contributed by atoms with Crippen LogP contribution in [-0.2, 0) is 32.6 Å². The van der Waals surface area contributed by atoms with Crippen molar-refractivity contribution in [2.75, 3.05) is 17.1 Å². The van der Waals surface area contributed by atoms with E-state index in [1.54, 1.807) is 36.4 Å². The molecule has 10 heteroatoms. The van der Waals surface area contributed by atoms with Gasteiger partial charge in [-0.15, -0.1) is 0 Å². The number of nitrogens with zero attached hydrogens (tertiary/aromatic N) is 2. The van der Waals surface area contributed by atoms with E-state index in [0.717, 1.165) is 41.8 Å². The molecular weight excluding hydrogens is 569 g/mol. The van der Waals surface area contributed by atoms with Crippen LogP contribution in [0, 0.1) is 0 Å². The number of halogens is 2. The van der Waals surface area contributed by atoms with Gasteiger partial charge in [0.15, 0.2) is 0 Å². The molecule has 40 heavy (non-hydrogen) atoms. The second-order valence-electron chi connectivity index (χ2n) is 10.1. The summed E-state index contributed by atoms with van der Waals surface area (Å²) >= 11 is 12.6. The molecule has 0 saturated heterocycles. The first-order valence-electron chi connectivity index (χ1n) is 13.2. The lowest BCUT2D eigenvalue weighted by Crippen LogP contribution is -2.54. The van der Waals surface area contributed by atoms with Gasteiger partial charge in [-0.3, -0.25) is 13.9 Å². The second-order valence-corrected chi connectivity index (χ2v) is 12.8. The number of benzene rings is 3. The van der Waals surface area contributed by atoms with Gasteiger partial charge in [0.2, 0.25) is 21.8 Å². The van der Waals surface area contributed by atoms with Gasteiger partial charge in [0.1, 0.15) is 12.6 Å². The number of sulfonamides is 1. The first-order valence-corrected chi connectivity index (χ1v) is 15.8. The van der Waals surface area contributed by atoms with Gasteiger partial charge >= 0.3 is 0 Å². The number of hydrogen-bond donors (Lipinski definition) is 1. The number of carbonyl (C=O) groups excluding carboxylic acids is 2. The van der Waals surface area contributed by atoms with Crippen molar-refractivity contribution in [2.24, 2.45) is 0 Å². The van der Waals surface area contributed by atoms with E-state index in [0.29, 0.717) is 15.6 Å². The lowest BCUT2D eigenvalue weighted by molar-refractivity contribution is -0.140. The number of carbonyl (C=O) groups is 2. The molecule has 1 aliphatic rings. The first kappa shape index (κ1) is 29.9. The van der Waals surface area contributed by atoms with Gasteiger partial charge in [0.25, 0.3) is 0 Å². The lowest BCUT2D eigenvalue weighted by atomic mass is 10.0. The van der Waals surface area contributed by atoms with Crippen LogP contribution in [0.1, 0.15) is 36.8 Å². The maximum absolute atomic E-state index is 14.1. The van der Waals surface area contributed by atoms with E-state index < -0.39 is 28.5 Å². The molecule has 212 valence electrons. The minimum absolute atomic E-state index is 0.0290. The number of hydrogen-bond acceptors (Lipinski definition) is 4. The summed E-state index contributed by atoms with van der Waals surface area (Å²) in [6.07, 6.45) is 5.15. The predicted molar refractivity (Wildman–Crippen MR) is 160 cm³/mol. The third-order valence-electron chi connectivity index (χ3n) is 7.05. The monoisotopic (exact) mass is 601 g/mol. The maximum atomic E-state index is 14.1. The molecule has 2 amide bonds. The second kappa shape index (κ2) is 13.5. The Morgan fingerprint density at radius 3 is 2.27 bits per heavy atom. The molecule has 1 aliphatic carbocycles. The molecule has 1 atom stereocenters. The van der Waals surface area contributed by atoms with Gasteiger partial charge in [0, 0.05) is 29.1 Å². The Bertz CT molecular complexity index is 1430. The number of amides is 2. The summed E-state index contributed by atoms with van der Waals surface area (Å²) in [5.74, 6) is -0.808. The van der Waals surface area contributed by atoms with Crippen LogP contribution in [0.15, 0.2) is 78.9 Å². The molecule has 7 nitrogen and oxygen atoms in total. The predicted octanol–water partition coefficient (Wildman–Crippen LogP) is 5.46. The SMILES string of the molecule is CS(=O)(=O)N(CC(=O)N(Cc1ccccc1Cl)[C@H](Cc1ccccc1)C(=O)NC1CCCC1)c1cccc(Cl)c1. The highest BCUT2D eigenvalue weighted by Gasteiger charge is 2.34. The summed E-state index contributed by atoms with van der Waals surface area (Å²) in [5.41, 5.74) is 1.79. The van der Waals surface area contributed by atoms with E-state index in [1.165, 1.54) is 11.0 Å². The fourth-order valence-corrected chi connectivity index (χ4v) is 6.20. The standard InChI is InChI=1S/C30H33Cl2N3O4S/c1-40(38,39)35(26-16-9-13-24(31)19-26)21-29(36)34(20-23-12-5-8-17-27(23)32)28(18-22-10-3-2-4-11-22)30(37)33-25-14-6-7-15-25/h2-5,8-13,16-17,19,25,28H,6-7,14-15,18,20-21H2,1H3,(H,33,37)/t28-/m1/s1. The summed E-state index contributed by atoms with van der Waals surface area (Å²) in [6, 6.07) is 22.0. The Hall–Kier alpha value is -3.07. The highest BCUT2D eigenvalue weighted by molar-refractivity contribution is 7.92. The average Bonchev–Trinajstić information content (AvgIpc) is 3.43. The minimum atomic E-state index is -3.87. The Kier molecular flexibility index (Phi) is 10.1. The highest BCUT2D eigenvalue weighted by Crippen LogP contribution is 2.25.